The highest BCUT2D eigenvalue weighted by molar-refractivity contribution is 5.97. The van der Waals surface area contributed by atoms with E-state index in [1.54, 1.807) is 24.5 Å². The fourth-order valence-corrected chi connectivity index (χ4v) is 3.00. The van der Waals surface area contributed by atoms with E-state index < -0.39 is 0 Å². The van der Waals surface area contributed by atoms with Crippen molar-refractivity contribution in [2.45, 2.75) is 19.9 Å². The molecule has 26 heavy (non-hydrogen) atoms. The van der Waals surface area contributed by atoms with Crippen molar-refractivity contribution in [1.82, 2.24) is 25.3 Å². The molecule has 2 heterocycles. The van der Waals surface area contributed by atoms with E-state index >= 15 is 0 Å². The number of aromatic amines is 1. The van der Waals surface area contributed by atoms with Crippen LogP contribution in [0.2, 0.25) is 0 Å². The molecule has 1 atom stereocenters. The van der Waals surface area contributed by atoms with E-state index in [0.29, 0.717) is 11.1 Å². The first-order valence-electron chi connectivity index (χ1n) is 8.58. The summed E-state index contributed by atoms with van der Waals surface area (Å²) < 4.78 is 0. The molecule has 0 fully saturated rings. The van der Waals surface area contributed by atoms with Crippen LogP contribution < -0.4 is 5.32 Å². The maximum atomic E-state index is 12.8. The molecule has 0 unspecified atom stereocenters. The lowest BCUT2D eigenvalue weighted by Crippen LogP contribution is -2.32. The fraction of sp³-hybridized carbons (Fsp3) is 0.200. The number of nitrogens with zero attached hydrogens (tertiary/aromatic N) is 3. The predicted molar refractivity (Wildman–Crippen MR) is 101 cm³/mol. The molecule has 0 radical (unpaired) electrons. The molecule has 0 bridgehead atoms. The minimum Gasteiger partial charge on any atom is -0.342 e. The number of hydrogen-bond acceptors (Lipinski definition) is 4. The fourth-order valence-electron chi connectivity index (χ4n) is 3.00. The molecule has 0 saturated carbocycles. The second kappa shape index (κ2) is 6.55. The molecule has 0 aliphatic carbocycles. The van der Waals surface area contributed by atoms with Gasteiger partial charge in [0, 0.05) is 18.0 Å². The largest absolute Gasteiger partial charge is 0.342 e. The number of benzene rings is 2. The first kappa shape index (κ1) is 16.2. The average molecular weight is 345 g/mol. The third kappa shape index (κ3) is 3.01. The van der Waals surface area contributed by atoms with Crippen molar-refractivity contribution in [3.63, 3.8) is 0 Å². The van der Waals surface area contributed by atoms with Crippen molar-refractivity contribution in [1.29, 1.82) is 0 Å². The third-order valence-electron chi connectivity index (χ3n) is 4.39. The maximum absolute atomic E-state index is 12.8. The SMILES string of the molecule is CC(C)[C@@H](NC(=O)c1ccc2nccnc2c1)c1nc2ccccc2[nH]1. The summed E-state index contributed by atoms with van der Waals surface area (Å²) in [7, 11) is 0. The summed E-state index contributed by atoms with van der Waals surface area (Å²) in [5.74, 6) is 0.784. The molecular weight excluding hydrogens is 326 g/mol. The minimum absolute atomic E-state index is 0.156. The van der Waals surface area contributed by atoms with Crippen molar-refractivity contribution in [3.8, 4) is 0 Å². The second-order valence-electron chi connectivity index (χ2n) is 6.59. The van der Waals surface area contributed by atoms with Crippen LogP contribution in [0.4, 0.5) is 0 Å². The van der Waals surface area contributed by atoms with Gasteiger partial charge >= 0.3 is 0 Å². The Labute approximate surface area is 150 Å². The summed E-state index contributed by atoms with van der Waals surface area (Å²) in [6.45, 7) is 4.12. The van der Waals surface area contributed by atoms with E-state index in [2.05, 4.69) is 39.1 Å². The van der Waals surface area contributed by atoms with E-state index in [9.17, 15) is 4.79 Å². The Bertz CT molecular complexity index is 1050. The normalized spacial score (nSPS) is 12.6. The molecule has 0 spiro atoms. The number of carbonyl (C=O) groups excluding carboxylic acids is 1. The maximum Gasteiger partial charge on any atom is 0.251 e. The molecule has 2 aromatic heterocycles. The van der Waals surface area contributed by atoms with E-state index in [1.165, 1.54) is 0 Å². The molecule has 1 amide bonds. The van der Waals surface area contributed by atoms with Gasteiger partial charge in [0.05, 0.1) is 28.1 Å². The van der Waals surface area contributed by atoms with Crippen LogP contribution in [0, 0.1) is 5.92 Å². The average Bonchev–Trinajstić information content (AvgIpc) is 3.09. The first-order chi connectivity index (χ1) is 12.6. The van der Waals surface area contributed by atoms with Gasteiger partial charge in [-0.05, 0) is 36.2 Å². The zero-order chi connectivity index (χ0) is 18.1. The van der Waals surface area contributed by atoms with Crippen molar-refractivity contribution < 1.29 is 4.79 Å². The van der Waals surface area contributed by atoms with Gasteiger partial charge in [-0.1, -0.05) is 26.0 Å². The summed E-state index contributed by atoms with van der Waals surface area (Å²) in [6.07, 6.45) is 3.26. The molecular formula is C20H19N5O. The summed E-state index contributed by atoms with van der Waals surface area (Å²) in [6, 6.07) is 13.0. The van der Waals surface area contributed by atoms with E-state index in [0.717, 1.165) is 22.4 Å². The molecule has 4 rings (SSSR count). The molecule has 0 aliphatic heterocycles. The Morgan fingerprint density at radius 1 is 1.00 bits per heavy atom. The van der Waals surface area contributed by atoms with Crippen LogP contribution in [-0.2, 0) is 0 Å². The first-order valence-corrected chi connectivity index (χ1v) is 8.58. The quantitative estimate of drug-likeness (QED) is 0.591. The molecule has 0 saturated heterocycles. The Hall–Kier alpha value is -3.28. The summed E-state index contributed by atoms with van der Waals surface area (Å²) in [5, 5.41) is 3.09. The highest BCUT2D eigenvalue weighted by Gasteiger charge is 2.22. The highest BCUT2D eigenvalue weighted by Crippen LogP contribution is 2.23. The standard InChI is InChI=1S/C20H19N5O/c1-12(2)18(19-23-15-5-3-4-6-16(15)24-19)25-20(26)13-7-8-14-17(11-13)22-10-9-21-14/h3-12,18H,1-2H3,(H,23,24)(H,25,26)/t18-/m1/s1. The van der Waals surface area contributed by atoms with E-state index in [1.807, 2.05) is 30.3 Å². The van der Waals surface area contributed by atoms with Gasteiger partial charge in [0.15, 0.2) is 0 Å². The van der Waals surface area contributed by atoms with Gasteiger partial charge < -0.3 is 10.3 Å². The summed E-state index contributed by atoms with van der Waals surface area (Å²) in [5.41, 5.74) is 3.87. The lowest BCUT2D eigenvalue weighted by atomic mass is 10.0. The number of fused-ring (bicyclic) bond motifs is 2. The number of H-pyrrole nitrogens is 1. The topological polar surface area (TPSA) is 83.6 Å². The Balaban J connectivity index is 1.63. The number of para-hydroxylation sites is 2. The second-order valence-corrected chi connectivity index (χ2v) is 6.59. The minimum atomic E-state index is -0.215. The van der Waals surface area contributed by atoms with Crippen LogP contribution in [0.25, 0.3) is 22.1 Å². The van der Waals surface area contributed by atoms with Crippen LogP contribution in [0.3, 0.4) is 0 Å². The van der Waals surface area contributed by atoms with Crippen molar-refractivity contribution in [2.75, 3.05) is 0 Å². The van der Waals surface area contributed by atoms with Crippen molar-refractivity contribution in [3.05, 3.63) is 66.2 Å². The van der Waals surface area contributed by atoms with Crippen LogP contribution >= 0.6 is 0 Å². The summed E-state index contributed by atoms with van der Waals surface area (Å²) >= 11 is 0. The van der Waals surface area contributed by atoms with Gasteiger partial charge in [-0.25, -0.2) is 4.98 Å². The Kier molecular flexibility index (Phi) is 4.08. The Morgan fingerprint density at radius 3 is 2.54 bits per heavy atom. The van der Waals surface area contributed by atoms with Crippen LogP contribution in [-0.4, -0.2) is 25.8 Å². The van der Waals surface area contributed by atoms with Crippen molar-refractivity contribution in [2.24, 2.45) is 5.92 Å². The van der Waals surface area contributed by atoms with Crippen LogP contribution in [0.5, 0.6) is 0 Å². The monoisotopic (exact) mass is 345 g/mol. The number of carbonyl (C=O) groups is 1. The van der Waals surface area contributed by atoms with Crippen LogP contribution in [0.15, 0.2) is 54.9 Å². The van der Waals surface area contributed by atoms with E-state index in [-0.39, 0.29) is 17.9 Å². The molecule has 0 aliphatic rings. The summed E-state index contributed by atoms with van der Waals surface area (Å²) in [4.78, 5) is 29.2. The number of imidazole rings is 1. The molecule has 6 heteroatoms. The van der Waals surface area contributed by atoms with Gasteiger partial charge in [0.25, 0.3) is 5.91 Å². The van der Waals surface area contributed by atoms with Gasteiger partial charge in [-0.2, -0.15) is 0 Å². The number of aromatic nitrogens is 4. The molecule has 2 aromatic carbocycles. The van der Waals surface area contributed by atoms with Gasteiger partial charge in [0.2, 0.25) is 0 Å². The Morgan fingerprint density at radius 2 is 1.77 bits per heavy atom. The van der Waals surface area contributed by atoms with E-state index in [4.69, 9.17) is 0 Å². The zero-order valence-electron chi connectivity index (χ0n) is 14.6. The van der Waals surface area contributed by atoms with Crippen molar-refractivity contribution >= 4 is 28.0 Å². The smallest absolute Gasteiger partial charge is 0.251 e. The molecule has 4 aromatic rings. The zero-order valence-corrected chi connectivity index (χ0v) is 14.6. The molecule has 130 valence electrons. The predicted octanol–water partition coefficient (Wildman–Crippen LogP) is 3.63. The number of rotatable bonds is 4. The van der Waals surface area contributed by atoms with Gasteiger partial charge in [-0.3, -0.25) is 14.8 Å². The van der Waals surface area contributed by atoms with Crippen LogP contribution in [0.1, 0.15) is 36.1 Å². The number of hydrogen-bond donors (Lipinski definition) is 2. The van der Waals surface area contributed by atoms with Gasteiger partial charge in [0.1, 0.15) is 5.82 Å². The van der Waals surface area contributed by atoms with Gasteiger partial charge in [-0.15, -0.1) is 0 Å². The number of amides is 1. The molecule has 6 nitrogen and oxygen atoms in total. The lowest BCUT2D eigenvalue weighted by molar-refractivity contribution is 0.0923. The number of nitrogens with one attached hydrogen (secondary N) is 2. The third-order valence-corrected chi connectivity index (χ3v) is 4.39. The lowest BCUT2D eigenvalue weighted by Gasteiger charge is -2.20. The molecule has 2 N–H and O–H groups in total. The highest BCUT2D eigenvalue weighted by atomic mass is 16.1.